The van der Waals surface area contributed by atoms with Gasteiger partial charge in [0.25, 0.3) is 0 Å². The molecule has 43 heavy (non-hydrogen) atoms. The summed E-state index contributed by atoms with van der Waals surface area (Å²) < 4.78 is 43.2. The molecule has 0 amide bonds. The minimum absolute atomic E-state index is 0.0173. The van der Waals surface area contributed by atoms with Crippen molar-refractivity contribution in [3.05, 3.63) is 30.0 Å². The number of methoxy groups -OCH3 is 1. The average Bonchev–Trinajstić information content (AvgIpc) is 3.71. The van der Waals surface area contributed by atoms with Gasteiger partial charge in [-0.3, -0.25) is 9.88 Å². The van der Waals surface area contributed by atoms with E-state index in [2.05, 4.69) is 37.0 Å². The second-order valence-corrected chi connectivity index (χ2v) is 12.9. The summed E-state index contributed by atoms with van der Waals surface area (Å²) in [5.74, 6) is -0.521. The summed E-state index contributed by atoms with van der Waals surface area (Å²) in [6.45, 7) is 6.57. The van der Waals surface area contributed by atoms with Crippen molar-refractivity contribution >= 4 is 43.4 Å². The first-order chi connectivity index (χ1) is 20.9. The van der Waals surface area contributed by atoms with Crippen LogP contribution in [0.1, 0.15) is 39.0 Å². The lowest BCUT2D eigenvalue weighted by molar-refractivity contribution is 0.107. The molecular formula is C30H36F2N8O2S. The molecule has 3 N–H and O–H groups in total. The smallest absolute Gasteiger partial charge is 0.319 e. The number of pyridine rings is 1. The average molecular weight is 611 g/mol. The molecule has 0 saturated carbocycles. The summed E-state index contributed by atoms with van der Waals surface area (Å²) in [7, 11) is 1.69. The minimum Gasteiger partial charge on any atom is -0.461 e. The van der Waals surface area contributed by atoms with Crippen LogP contribution in [-0.4, -0.2) is 89.0 Å². The number of anilines is 2. The zero-order valence-corrected chi connectivity index (χ0v) is 25.2. The number of nitrogens with zero attached hydrogens (tertiary/aromatic N) is 6. The summed E-state index contributed by atoms with van der Waals surface area (Å²) in [4.78, 5) is 23.0. The Morgan fingerprint density at radius 2 is 1.88 bits per heavy atom. The maximum absolute atomic E-state index is 16.6. The van der Waals surface area contributed by atoms with Crippen LogP contribution in [0.3, 0.4) is 0 Å². The molecule has 7 rings (SSSR count). The Hall–Kier alpha value is -3.26. The fourth-order valence-electron chi connectivity index (χ4n) is 7.13. The molecule has 3 aliphatic rings. The van der Waals surface area contributed by atoms with Gasteiger partial charge in [-0.2, -0.15) is 9.97 Å². The van der Waals surface area contributed by atoms with Crippen molar-refractivity contribution in [2.45, 2.75) is 56.7 Å². The van der Waals surface area contributed by atoms with E-state index >= 15 is 4.39 Å². The zero-order chi connectivity index (χ0) is 29.7. The number of benzene rings is 1. The predicted octanol–water partition coefficient (Wildman–Crippen LogP) is 4.37. The van der Waals surface area contributed by atoms with Crippen LogP contribution in [0.4, 0.5) is 19.7 Å². The molecule has 3 saturated heterocycles. The summed E-state index contributed by atoms with van der Waals surface area (Å²) in [6, 6.07) is 3.19. The van der Waals surface area contributed by atoms with Crippen molar-refractivity contribution in [3.63, 3.8) is 0 Å². The van der Waals surface area contributed by atoms with Crippen molar-refractivity contribution < 1.29 is 18.3 Å². The first kappa shape index (κ1) is 28.5. The van der Waals surface area contributed by atoms with Crippen molar-refractivity contribution in [2.75, 3.05) is 57.1 Å². The normalized spacial score (nSPS) is 22.1. The Kier molecular flexibility index (Phi) is 7.52. The third-order valence-electron chi connectivity index (χ3n) is 9.20. The molecular weight excluding hydrogens is 574 g/mol. The van der Waals surface area contributed by atoms with E-state index in [4.69, 9.17) is 20.2 Å². The molecule has 0 spiro atoms. The molecule has 1 unspecified atom stereocenters. The zero-order valence-electron chi connectivity index (χ0n) is 24.4. The minimum atomic E-state index is -0.636. The van der Waals surface area contributed by atoms with Crippen molar-refractivity contribution in [2.24, 2.45) is 0 Å². The Bertz CT molecular complexity index is 1660. The standard InChI is InChI=1S/C30H36F2N8O2S/c1-3-17-13-39(14-18(35-17)15-41-2)27-20-12-34-23(19-6-7-21(31)26-25(19)36-28(33)43-26)22(32)24(20)37-29(38-27)42-16-30-8-4-10-40(30)11-5-9-30/h6-7,12,17-18,35H,3-5,8-11,13-16H2,1-2H3,(H2,33,36)/t17-,18?/m0/s1. The third-order valence-corrected chi connectivity index (χ3v) is 10.1. The van der Waals surface area contributed by atoms with Gasteiger partial charge in [-0.05, 0) is 57.3 Å². The molecule has 1 aromatic carbocycles. The Morgan fingerprint density at radius 1 is 1.09 bits per heavy atom. The highest BCUT2D eigenvalue weighted by atomic mass is 32.1. The number of hydrogen-bond acceptors (Lipinski definition) is 11. The first-order valence-electron chi connectivity index (χ1n) is 15.0. The van der Waals surface area contributed by atoms with E-state index in [1.807, 2.05) is 0 Å². The van der Waals surface area contributed by atoms with Gasteiger partial charge >= 0.3 is 6.01 Å². The van der Waals surface area contributed by atoms with Crippen LogP contribution in [0.2, 0.25) is 0 Å². The monoisotopic (exact) mass is 610 g/mol. The van der Waals surface area contributed by atoms with Crippen LogP contribution in [0.15, 0.2) is 18.3 Å². The van der Waals surface area contributed by atoms with E-state index in [1.165, 1.54) is 12.1 Å². The quantitative estimate of drug-likeness (QED) is 0.298. The van der Waals surface area contributed by atoms with Gasteiger partial charge in [-0.1, -0.05) is 18.3 Å². The summed E-state index contributed by atoms with van der Waals surface area (Å²) in [5, 5.41) is 4.32. The van der Waals surface area contributed by atoms with Crippen LogP contribution in [0.25, 0.3) is 32.4 Å². The van der Waals surface area contributed by atoms with Gasteiger partial charge in [0, 0.05) is 44.0 Å². The number of nitrogens with one attached hydrogen (secondary N) is 1. The number of piperazine rings is 1. The lowest BCUT2D eigenvalue weighted by atomic mass is 9.95. The lowest BCUT2D eigenvalue weighted by Crippen LogP contribution is -2.58. The number of thiazole rings is 1. The number of rotatable bonds is 8. The summed E-state index contributed by atoms with van der Waals surface area (Å²) >= 11 is 1.02. The van der Waals surface area contributed by atoms with Crippen LogP contribution >= 0.6 is 11.3 Å². The van der Waals surface area contributed by atoms with Crippen molar-refractivity contribution in [1.29, 1.82) is 0 Å². The van der Waals surface area contributed by atoms with Gasteiger partial charge in [-0.25, -0.2) is 13.8 Å². The molecule has 0 aliphatic carbocycles. The fraction of sp³-hybridized carbons (Fsp3) is 0.533. The second-order valence-electron chi connectivity index (χ2n) is 11.9. The molecule has 3 aromatic heterocycles. The van der Waals surface area contributed by atoms with Crippen LogP contribution in [-0.2, 0) is 4.74 Å². The molecule has 6 heterocycles. The highest BCUT2D eigenvalue weighted by molar-refractivity contribution is 7.22. The van der Waals surface area contributed by atoms with Gasteiger partial charge < -0.3 is 25.4 Å². The fourth-order valence-corrected chi connectivity index (χ4v) is 7.89. The molecule has 10 nitrogen and oxygen atoms in total. The second kappa shape index (κ2) is 11.3. The highest BCUT2D eigenvalue weighted by Crippen LogP contribution is 2.40. The maximum atomic E-state index is 16.6. The van der Waals surface area contributed by atoms with E-state index < -0.39 is 11.6 Å². The van der Waals surface area contributed by atoms with E-state index in [9.17, 15) is 4.39 Å². The number of ether oxygens (including phenoxy) is 2. The molecule has 4 aromatic rings. The lowest BCUT2D eigenvalue weighted by Gasteiger charge is -2.39. The number of nitrogens with two attached hydrogens (primary N) is 1. The largest absolute Gasteiger partial charge is 0.461 e. The van der Waals surface area contributed by atoms with E-state index in [0.29, 0.717) is 43.1 Å². The number of fused-ring (bicyclic) bond motifs is 3. The van der Waals surface area contributed by atoms with Crippen molar-refractivity contribution in [3.8, 4) is 17.3 Å². The van der Waals surface area contributed by atoms with Gasteiger partial charge in [-0.15, -0.1) is 0 Å². The first-order valence-corrected chi connectivity index (χ1v) is 15.8. The molecule has 13 heteroatoms. The van der Waals surface area contributed by atoms with E-state index in [-0.39, 0.29) is 50.2 Å². The van der Waals surface area contributed by atoms with Gasteiger partial charge in [0.05, 0.1) is 27.7 Å². The summed E-state index contributed by atoms with van der Waals surface area (Å²) in [6.07, 6.45) is 6.94. The van der Waals surface area contributed by atoms with Crippen molar-refractivity contribution in [1.82, 2.24) is 30.2 Å². The number of nitrogen functional groups attached to an aromatic ring is 1. The van der Waals surface area contributed by atoms with Gasteiger partial charge in [0.2, 0.25) is 0 Å². The molecule has 3 fully saturated rings. The molecule has 2 atom stereocenters. The number of hydrogen-bond donors (Lipinski definition) is 2. The van der Waals surface area contributed by atoms with E-state index in [1.54, 1.807) is 13.3 Å². The third kappa shape index (κ3) is 5.05. The Labute approximate surface area is 252 Å². The topological polar surface area (TPSA) is 115 Å². The highest BCUT2D eigenvalue weighted by Gasteiger charge is 2.45. The Morgan fingerprint density at radius 3 is 2.65 bits per heavy atom. The number of halogens is 2. The van der Waals surface area contributed by atoms with Crippen LogP contribution < -0.4 is 20.7 Å². The molecule has 3 aliphatic heterocycles. The molecule has 0 radical (unpaired) electrons. The van der Waals surface area contributed by atoms with Crippen LogP contribution in [0, 0.1) is 11.6 Å². The maximum Gasteiger partial charge on any atom is 0.319 e. The van der Waals surface area contributed by atoms with Crippen LogP contribution in [0.5, 0.6) is 6.01 Å². The molecule has 228 valence electrons. The SMILES string of the molecule is CC[C@H]1CN(c2nc(OCC34CCCN3CCC4)nc3c(F)c(-c4ccc(F)c5sc(N)nc45)ncc23)CC(COC)N1. The predicted molar refractivity (Wildman–Crippen MR) is 164 cm³/mol. The van der Waals surface area contributed by atoms with Gasteiger partial charge in [0.15, 0.2) is 10.9 Å². The van der Waals surface area contributed by atoms with E-state index in [0.717, 1.165) is 56.5 Å². The summed E-state index contributed by atoms with van der Waals surface area (Å²) in [5.41, 5.74) is 6.64. The van der Waals surface area contributed by atoms with Gasteiger partial charge in [0.1, 0.15) is 29.5 Å². The molecule has 0 bridgehead atoms. The number of aromatic nitrogens is 4. The Balaban J connectivity index is 1.34.